The molecule has 3 atom stereocenters. The van der Waals surface area contributed by atoms with E-state index in [-0.39, 0.29) is 24.7 Å². The number of carbonyl (C=O) groups excluding carboxylic acids is 3. The van der Waals surface area contributed by atoms with Gasteiger partial charge >= 0.3 is 0 Å². The Bertz CT molecular complexity index is 1820. The fourth-order valence-corrected chi connectivity index (χ4v) is 6.96. The van der Waals surface area contributed by atoms with Crippen LogP contribution < -0.4 is 20.1 Å². The molecular weight excluding hydrogens is 632 g/mol. The van der Waals surface area contributed by atoms with Gasteiger partial charge in [-0.2, -0.15) is 0 Å². The minimum atomic E-state index is -3.82. The number of aryl methyl sites for hydroxylation is 1. The molecule has 0 radical (unpaired) electrons. The van der Waals surface area contributed by atoms with Crippen LogP contribution in [0.15, 0.2) is 54.6 Å². The SMILES string of the molecule is Cc1ccc(F)cc1[C@@H]1NC(=O)C[C@H](c2cc(Cl)ccc2OCC(C)(C)C(=O)NS(C)(=O)=O)[C@@]12C(=O)Nc1cc(Cl)ccc12. The van der Waals surface area contributed by atoms with Crippen LogP contribution in [0.25, 0.3) is 0 Å². The first-order chi connectivity index (χ1) is 20.5. The molecule has 0 aliphatic carbocycles. The van der Waals surface area contributed by atoms with Gasteiger partial charge < -0.3 is 15.4 Å². The fraction of sp³-hybridized carbons (Fsp3) is 0.323. The molecule has 5 rings (SSSR count). The lowest BCUT2D eigenvalue weighted by Gasteiger charge is -2.47. The lowest BCUT2D eigenvalue weighted by atomic mass is 9.59. The summed E-state index contributed by atoms with van der Waals surface area (Å²) in [5.74, 6) is -2.78. The Morgan fingerprint density at radius 2 is 1.75 bits per heavy atom. The van der Waals surface area contributed by atoms with Crippen LogP contribution in [0.1, 0.15) is 54.5 Å². The molecule has 0 bridgehead atoms. The molecule has 13 heteroatoms. The van der Waals surface area contributed by atoms with Crippen LogP contribution >= 0.6 is 23.2 Å². The summed E-state index contributed by atoms with van der Waals surface area (Å²) < 4.78 is 46.2. The maximum Gasteiger partial charge on any atom is 0.242 e. The Hall–Kier alpha value is -3.67. The summed E-state index contributed by atoms with van der Waals surface area (Å²) in [6.45, 7) is 4.56. The molecule has 2 aliphatic heterocycles. The van der Waals surface area contributed by atoms with Crippen molar-refractivity contribution in [1.82, 2.24) is 10.0 Å². The molecule has 1 saturated heterocycles. The van der Waals surface area contributed by atoms with E-state index in [0.29, 0.717) is 38.0 Å². The van der Waals surface area contributed by atoms with E-state index < -0.39 is 50.4 Å². The van der Waals surface area contributed by atoms with Gasteiger partial charge in [0.2, 0.25) is 27.7 Å². The number of halogens is 3. The second-order valence-corrected chi connectivity index (χ2v) is 14.5. The van der Waals surface area contributed by atoms with Gasteiger partial charge in [-0.05, 0) is 79.9 Å². The monoisotopic (exact) mass is 661 g/mol. The van der Waals surface area contributed by atoms with Crippen molar-refractivity contribution in [2.45, 2.75) is 44.6 Å². The number of rotatable bonds is 7. The van der Waals surface area contributed by atoms with Crippen molar-refractivity contribution >= 4 is 56.6 Å². The highest BCUT2D eigenvalue weighted by atomic mass is 35.5. The normalized spacial score (nSPS) is 21.4. The topological polar surface area (TPSA) is 131 Å². The Morgan fingerprint density at radius 3 is 2.45 bits per heavy atom. The molecule has 44 heavy (non-hydrogen) atoms. The molecule has 3 N–H and O–H groups in total. The summed E-state index contributed by atoms with van der Waals surface area (Å²) in [5, 5.41) is 6.57. The zero-order chi connectivity index (χ0) is 32.2. The van der Waals surface area contributed by atoms with E-state index in [1.165, 1.54) is 26.0 Å². The molecule has 1 fully saturated rings. The number of amides is 3. The van der Waals surface area contributed by atoms with Crippen molar-refractivity contribution in [3.05, 3.63) is 92.7 Å². The number of sulfonamides is 1. The van der Waals surface area contributed by atoms with E-state index in [1.54, 1.807) is 49.4 Å². The molecule has 0 saturated carbocycles. The van der Waals surface area contributed by atoms with Crippen LogP contribution in [-0.4, -0.2) is 39.0 Å². The number of ether oxygens (including phenoxy) is 1. The van der Waals surface area contributed by atoms with Crippen molar-refractivity contribution in [2.24, 2.45) is 5.41 Å². The summed E-state index contributed by atoms with van der Waals surface area (Å²) in [4.78, 5) is 40.5. The summed E-state index contributed by atoms with van der Waals surface area (Å²) in [5.41, 5.74) is -0.314. The van der Waals surface area contributed by atoms with Gasteiger partial charge in [0.15, 0.2) is 0 Å². The zero-order valence-corrected chi connectivity index (χ0v) is 26.6. The second-order valence-electron chi connectivity index (χ2n) is 11.8. The minimum Gasteiger partial charge on any atom is -0.492 e. The molecule has 9 nitrogen and oxygen atoms in total. The number of piperidine rings is 1. The Kier molecular flexibility index (Phi) is 8.19. The van der Waals surface area contributed by atoms with Crippen molar-refractivity contribution in [1.29, 1.82) is 0 Å². The number of fused-ring (bicyclic) bond motifs is 2. The highest BCUT2D eigenvalue weighted by molar-refractivity contribution is 7.89. The summed E-state index contributed by atoms with van der Waals surface area (Å²) >= 11 is 12.8. The maximum absolute atomic E-state index is 14.7. The predicted molar refractivity (Wildman–Crippen MR) is 165 cm³/mol. The van der Waals surface area contributed by atoms with E-state index in [4.69, 9.17) is 27.9 Å². The lowest BCUT2D eigenvalue weighted by Crippen LogP contribution is -2.57. The van der Waals surface area contributed by atoms with Crippen LogP contribution in [0, 0.1) is 18.2 Å². The molecule has 232 valence electrons. The first-order valence-corrected chi connectivity index (χ1v) is 16.3. The third-order valence-corrected chi connectivity index (χ3v) is 9.16. The van der Waals surface area contributed by atoms with Crippen molar-refractivity contribution in [2.75, 3.05) is 18.2 Å². The quantitative estimate of drug-likeness (QED) is 0.321. The molecule has 2 heterocycles. The zero-order valence-electron chi connectivity index (χ0n) is 24.3. The van der Waals surface area contributed by atoms with Gasteiger partial charge in [-0.1, -0.05) is 35.3 Å². The van der Waals surface area contributed by atoms with Crippen LogP contribution in [0.4, 0.5) is 10.1 Å². The summed E-state index contributed by atoms with van der Waals surface area (Å²) in [7, 11) is -3.82. The molecule has 3 aromatic rings. The molecule has 3 aromatic carbocycles. The van der Waals surface area contributed by atoms with E-state index in [9.17, 15) is 27.2 Å². The third kappa shape index (κ3) is 5.76. The Labute approximate surface area is 264 Å². The molecule has 0 unspecified atom stereocenters. The summed E-state index contributed by atoms with van der Waals surface area (Å²) in [6.07, 6.45) is 0.718. The molecule has 2 aliphatic rings. The number of nitrogens with one attached hydrogen (secondary N) is 3. The number of hydrogen-bond donors (Lipinski definition) is 3. The second kappa shape index (κ2) is 11.4. The smallest absolute Gasteiger partial charge is 0.242 e. The average molecular weight is 663 g/mol. The number of benzene rings is 3. The number of hydrogen-bond acceptors (Lipinski definition) is 6. The standard InChI is InChI=1S/C31H30Cl2FN3O6S/c1-16-5-8-19(34)13-20(16)27-31(22-9-6-18(33)12-24(22)35-29(31)40)23(14-26(38)36-27)21-11-17(32)7-10-25(21)43-15-30(2,3)28(39)37-44(4,41)42/h5-13,23,27H,14-15H2,1-4H3,(H,35,40)(H,36,38)(H,37,39)/t23-,27+,31-/m1/s1. The predicted octanol–water partition coefficient (Wildman–Crippen LogP) is 5.16. The van der Waals surface area contributed by atoms with Gasteiger partial charge in [0, 0.05) is 33.6 Å². The number of carbonyl (C=O) groups is 3. The first-order valence-electron chi connectivity index (χ1n) is 13.6. The van der Waals surface area contributed by atoms with Gasteiger partial charge in [-0.15, -0.1) is 0 Å². The van der Waals surface area contributed by atoms with Crippen LogP contribution in [-0.2, 0) is 29.8 Å². The van der Waals surface area contributed by atoms with Gasteiger partial charge in [0.25, 0.3) is 0 Å². The van der Waals surface area contributed by atoms with Gasteiger partial charge in [-0.3, -0.25) is 19.1 Å². The van der Waals surface area contributed by atoms with E-state index >= 15 is 0 Å². The number of anilines is 1. The van der Waals surface area contributed by atoms with Gasteiger partial charge in [-0.25, -0.2) is 12.8 Å². The lowest BCUT2D eigenvalue weighted by molar-refractivity contribution is -0.131. The van der Waals surface area contributed by atoms with Crippen LogP contribution in [0.3, 0.4) is 0 Å². The maximum atomic E-state index is 14.7. The van der Waals surface area contributed by atoms with Crippen molar-refractivity contribution in [3.8, 4) is 5.75 Å². The fourth-order valence-electron chi connectivity index (χ4n) is 6.00. The van der Waals surface area contributed by atoms with Crippen LogP contribution in [0.5, 0.6) is 5.75 Å². The summed E-state index contributed by atoms with van der Waals surface area (Å²) in [6, 6.07) is 12.9. The van der Waals surface area contributed by atoms with Crippen LogP contribution in [0.2, 0.25) is 10.0 Å². The largest absolute Gasteiger partial charge is 0.492 e. The molecule has 0 aromatic heterocycles. The van der Waals surface area contributed by atoms with Crippen molar-refractivity contribution < 1.29 is 31.9 Å². The minimum absolute atomic E-state index is 0.158. The highest BCUT2D eigenvalue weighted by Crippen LogP contribution is 2.59. The Balaban J connectivity index is 1.69. The van der Waals surface area contributed by atoms with Gasteiger partial charge in [0.1, 0.15) is 23.6 Å². The first kappa shape index (κ1) is 31.7. The third-order valence-electron chi connectivity index (χ3n) is 8.13. The van der Waals surface area contributed by atoms with E-state index in [2.05, 4.69) is 10.6 Å². The molecular formula is C31H30Cl2FN3O6S. The van der Waals surface area contributed by atoms with E-state index in [1.807, 2.05) is 4.72 Å². The highest BCUT2D eigenvalue weighted by Gasteiger charge is 2.62. The Morgan fingerprint density at radius 1 is 1.07 bits per heavy atom. The van der Waals surface area contributed by atoms with Crippen molar-refractivity contribution in [3.63, 3.8) is 0 Å². The average Bonchev–Trinajstić information content (AvgIpc) is 3.20. The van der Waals surface area contributed by atoms with Gasteiger partial charge in [0.05, 0.1) is 17.7 Å². The van der Waals surface area contributed by atoms with E-state index in [0.717, 1.165) is 6.26 Å². The molecule has 3 amide bonds. The molecule has 1 spiro atoms.